The fourth-order valence-electron chi connectivity index (χ4n) is 3.20. The van der Waals surface area contributed by atoms with Crippen LogP contribution in [0.1, 0.15) is 12.1 Å². The molecule has 0 aromatic carbocycles. The molecule has 0 aliphatic carbocycles. The number of rotatable bonds is 3. The number of hydrogen-bond donors (Lipinski definition) is 1. The van der Waals surface area contributed by atoms with Crippen LogP contribution < -0.4 is 10.2 Å². The smallest absolute Gasteiger partial charge is 0.250 e. The fourth-order valence-corrected chi connectivity index (χ4v) is 3.52. The summed E-state index contributed by atoms with van der Waals surface area (Å²) in [6.07, 6.45) is 4.18. The van der Waals surface area contributed by atoms with E-state index in [-0.39, 0.29) is 11.9 Å². The van der Waals surface area contributed by atoms with Crippen molar-refractivity contribution in [3.63, 3.8) is 0 Å². The molecule has 4 rings (SSSR count). The normalized spacial score (nSPS) is 17.5. The first-order valence-corrected chi connectivity index (χ1v) is 8.81. The van der Waals surface area contributed by atoms with Gasteiger partial charge in [0, 0.05) is 36.5 Å². The molecule has 3 aromatic heterocycles. The summed E-state index contributed by atoms with van der Waals surface area (Å²) in [5.74, 6) is 0.874. The van der Waals surface area contributed by atoms with Crippen molar-refractivity contribution in [1.29, 1.82) is 0 Å². The number of hydrogen-bond acceptors (Lipinski definition) is 5. The number of aromatic nitrogens is 4. The first-order chi connectivity index (χ1) is 12.0. The van der Waals surface area contributed by atoms with Gasteiger partial charge in [-0.25, -0.2) is 0 Å². The summed E-state index contributed by atoms with van der Waals surface area (Å²) in [6, 6.07) is 5.41. The summed E-state index contributed by atoms with van der Waals surface area (Å²) < 4.78 is 2.62. The Morgan fingerprint density at radius 3 is 2.92 bits per heavy atom. The second kappa shape index (κ2) is 6.11. The molecule has 1 atom stereocenters. The Morgan fingerprint density at radius 1 is 1.32 bits per heavy atom. The number of amides is 1. The fraction of sp³-hybridized carbons (Fsp3) is 0.294. The van der Waals surface area contributed by atoms with Crippen molar-refractivity contribution in [1.82, 2.24) is 19.7 Å². The molecule has 0 bridgehead atoms. The second-order valence-electron chi connectivity index (χ2n) is 6.12. The summed E-state index contributed by atoms with van der Waals surface area (Å²) >= 11 is 3.41. The van der Waals surface area contributed by atoms with Gasteiger partial charge in [0.05, 0.1) is 16.9 Å². The van der Waals surface area contributed by atoms with E-state index in [1.807, 2.05) is 32.2 Å². The van der Waals surface area contributed by atoms with Crippen molar-refractivity contribution in [2.24, 2.45) is 7.05 Å². The maximum absolute atomic E-state index is 12.8. The van der Waals surface area contributed by atoms with Crippen molar-refractivity contribution >= 4 is 44.4 Å². The van der Waals surface area contributed by atoms with Gasteiger partial charge in [-0.15, -0.1) is 0 Å². The molecule has 4 heterocycles. The Labute approximate surface area is 153 Å². The maximum Gasteiger partial charge on any atom is 0.250 e. The van der Waals surface area contributed by atoms with E-state index >= 15 is 0 Å². The van der Waals surface area contributed by atoms with Gasteiger partial charge in [-0.3, -0.25) is 24.3 Å². The lowest BCUT2D eigenvalue weighted by Crippen LogP contribution is -2.34. The highest BCUT2D eigenvalue weighted by Gasteiger charge is 2.34. The molecule has 1 aliphatic heterocycles. The number of anilines is 2. The highest BCUT2D eigenvalue weighted by Crippen LogP contribution is 2.27. The Bertz CT molecular complexity index is 969. The number of carbonyl (C=O) groups excluding carboxylic acids is 1. The van der Waals surface area contributed by atoms with Gasteiger partial charge < -0.3 is 5.32 Å². The molecule has 1 aliphatic rings. The van der Waals surface area contributed by atoms with Crippen LogP contribution in [0, 0.1) is 6.92 Å². The second-order valence-corrected chi connectivity index (χ2v) is 7.04. The molecule has 7 nitrogen and oxygen atoms in total. The van der Waals surface area contributed by atoms with Crippen LogP contribution in [-0.4, -0.2) is 38.2 Å². The summed E-state index contributed by atoms with van der Waals surface area (Å²) in [5.41, 5.74) is 3.26. The molecule has 0 radical (unpaired) electrons. The van der Waals surface area contributed by atoms with Crippen molar-refractivity contribution in [3.05, 3.63) is 40.8 Å². The molecule has 128 valence electrons. The van der Waals surface area contributed by atoms with Gasteiger partial charge in [-0.2, -0.15) is 5.10 Å². The third-order valence-corrected chi connectivity index (χ3v) is 4.77. The number of nitrogens with one attached hydrogen (secondary N) is 1. The largest absolute Gasteiger partial charge is 0.372 e. The molecule has 1 amide bonds. The lowest BCUT2D eigenvalue weighted by molar-refractivity contribution is -0.117. The lowest BCUT2D eigenvalue weighted by Gasteiger charge is -2.17. The summed E-state index contributed by atoms with van der Waals surface area (Å²) in [7, 11) is 1.86. The molecule has 1 fully saturated rings. The van der Waals surface area contributed by atoms with Gasteiger partial charge in [0.2, 0.25) is 0 Å². The zero-order valence-corrected chi connectivity index (χ0v) is 15.5. The molecule has 0 saturated carbocycles. The van der Waals surface area contributed by atoms with E-state index in [0.717, 1.165) is 39.1 Å². The third kappa shape index (κ3) is 2.86. The van der Waals surface area contributed by atoms with Gasteiger partial charge in [-0.1, -0.05) is 0 Å². The Hall–Kier alpha value is -2.48. The highest BCUT2D eigenvalue weighted by atomic mass is 79.9. The first-order valence-electron chi connectivity index (χ1n) is 8.02. The predicted octanol–water partition coefficient (Wildman–Crippen LogP) is 2.65. The van der Waals surface area contributed by atoms with Crippen LogP contribution in [0.25, 0.3) is 11.0 Å². The van der Waals surface area contributed by atoms with E-state index < -0.39 is 0 Å². The van der Waals surface area contributed by atoms with E-state index in [1.165, 1.54) is 0 Å². The molecular weight excluding hydrogens is 384 g/mol. The number of halogens is 1. The third-order valence-electron chi connectivity index (χ3n) is 4.33. The van der Waals surface area contributed by atoms with Crippen LogP contribution in [0.3, 0.4) is 0 Å². The number of fused-ring (bicyclic) bond motifs is 1. The maximum atomic E-state index is 12.8. The van der Waals surface area contributed by atoms with Crippen LogP contribution in [0.5, 0.6) is 0 Å². The lowest BCUT2D eigenvalue weighted by atomic mass is 10.2. The Kier molecular flexibility index (Phi) is 3.91. The molecule has 1 saturated heterocycles. The van der Waals surface area contributed by atoms with Gasteiger partial charge >= 0.3 is 0 Å². The number of pyridine rings is 2. The minimum absolute atomic E-state index is 0.0464. The van der Waals surface area contributed by atoms with E-state index in [4.69, 9.17) is 0 Å². The quantitative estimate of drug-likeness (QED) is 0.731. The van der Waals surface area contributed by atoms with E-state index in [1.54, 1.807) is 22.0 Å². The van der Waals surface area contributed by atoms with Crippen LogP contribution in [-0.2, 0) is 11.8 Å². The number of nitrogens with zero attached hydrogens (tertiary/aromatic N) is 5. The van der Waals surface area contributed by atoms with E-state index in [9.17, 15) is 4.79 Å². The topological polar surface area (TPSA) is 75.9 Å². The standard InChI is InChI=1S/C17H17BrN6O/c1-10-7-15(23(2)22-10)24-6-4-13(17(24)25)21-12-3-5-19-14-8-11(18)9-20-16(12)14/h3,5,7-9,13H,4,6H2,1-2H3,(H,19,21). The van der Waals surface area contributed by atoms with E-state index in [2.05, 4.69) is 36.3 Å². The highest BCUT2D eigenvalue weighted by molar-refractivity contribution is 9.10. The summed E-state index contributed by atoms with van der Waals surface area (Å²) in [4.78, 5) is 23.4. The zero-order chi connectivity index (χ0) is 17.6. The number of carbonyl (C=O) groups is 1. The molecule has 8 heteroatoms. The summed E-state index contributed by atoms with van der Waals surface area (Å²) in [5, 5.41) is 7.67. The molecule has 1 N–H and O–H groups in total. The average Bonchev–Trinajstić information content (AvgIpc) is 3.09. The Balaban J connectivity index is 1.60. The minimum atomic E-state index is -0.286. The average molecular weight is 401 g/mol. The molecule has 0 spiro atoms. The van der Waals surface area contributed by atoms with Gasteiger partial charge in [0.15, 0.2) is 0 Å². The van der Waals surface area contributed by atoms with Crippen molar-refractivity contribution in [3.8, 4) is 0 Å². The van der Waals surface area contributed by atoms with Crippen LogP contribution in [0.15, 0.2) is 35.1 Å². The van der Waals surface area contributed by atoms with Gasteiger partial charge in [-0.05, 0) is 41.4 Å². The minimum Gasteiger partial charge on any atom is -0.372 e. The first kappa shape index (κ1) is 16.0. The molecule has 1 unspecified atom stereocenters. The van der Waals surface area contributed by atoms with Crippen molar-refractivity contribution < 1.29 is 4.79 Å². The number of aryl methyl sites for hydroxylation is 2. The summed E-state index contributed by atoms with van der Waals surface area (Å²) in [6.45, 7) is 2.59. The van der Waals surface area contributed by atoms with Crippen LogP contribution >= 0.6 is 15.9 Å². The van der Waals surface area contributed by atoms with Crippen LogP contribution in [0.2, 0.25) is 0 Å². The van der Waals surface area contributed by atoms with Crippen molar-refractivity contribution in [2.45, 2.75) is 19.4 Å². The zero-order valence-electron chi connectivity index (χ0n) is 13.9. The van der Waals surface area contributed by atoms with Crippen LogP contribution in [0.4, 0.5) is 11.5 Å². The Morgan fingerprint density at radius 2 is 2.16 bits per heavy atom. The van der Waals surface area contributed by atoms with E-state index in [0.29, 0.717) is 6.54 Å². The van der Waals surface area contributed by atoms with Crippen molar-refractivity contribution in [2.75, 3.05) is 16.8 Å². The predicted molar refractivity (Wildman–Crippen MR) is 99.6 cm³/mol. The molecule has 3 aromatic rings. The molecule has 25 heavy (non-hydrogen) atoms. The van der Waals surface area contributed by atoms with Gasteiger partial charge in [0.25, 0.3) is 5.91 Å². The SMILES string of the molecule is Cc1cc(N2CCC(Nc3ccnc4cc(Br)cnc34)C2=O)n(C)n1. The monoisotopic (exact) mass is 400 g/mol. The molecular formula is C17H17BrN6O. The van der Waals surface area contributed by atoms with Gasteiger partial charge in [0.1, 0.15) is 17.4 Å².